The summed E-state index contributed by atoms with van der Waals surface area (Å²) in [4.78, 5) is 18.9. The Labute approximate surface area is 126 Å². The van der Waals surface area contributed by atoms with Crippen molar-refractivity contribution in [2.24, 2.45) is 0 Å². The van der Waals surface area contributed by atoms with Gasteiger partial charge in [-0.05, 0) is 19.4 Å². The molecule has 6 heteroatoms. The molecule has 108 valence electrons. The van der Waals surface area contributed by atoms with Crippen LogP contribution in [-0.4, -0.2) is 21.6 Å². The number of hydrogen-bond acceptors (Lipinski definition) is 5. The van der Waals surface area contributed by atoms with Gasteiger partial charge in [0.05, 0.1) is 0 Å². The Morgan fingerprint density at radius 2 is 1.95 bits per heavy atom. The third kappa shape index (κ3) is 2.80. The van der Waals surface area contributed by atoms with E-state index in [-0.39, 0.29) is 5.56 Å². The van der Waals surface area contributed by atoms with Gasteiger partial charge >= 0.3 is 0 Å². The van der Waals surface area contributed by atoms with Gasteiger partial charge in [0.1, 0.15) is 0 Å². The van der Waals surface area contributed by atoms with Gasteiger partial charge < -0.3 is 4.90 Å². The van der Waals surface area contributed by atoms with E-state index in [4.69, 9.17) is 0 Å². The number of nitrogens with zero attached hydrogens (tertiary/aromatic N) is 4. The van der Waals surface area contributed by atoms with Crippen LogP contribution in [0, 0.1) is 13.8 Å². The summed E-state index contributed by atoms with van der Waals surface area (Å²) in [5, 5.41) is 5.14. The molecule has 0 N–H and O–H groups in total. The zero-order chi connectivity index (χ0) is 15.0. The second kappa shape index (κ2) is 5.29. The predicted molar refractivity (Wildman–Crippen MR) is 85.2 cm³/mol. The monoisotopic (exact) mass is 300 g/mol. The molecule has 5 nitrogen and oxygen atoms in total. The van der Waals surface area contributed by atoms with E-state index in [0.29, 0.717) is 4.96 Å². The van der Waals surface area contributed by atoms with Crippen molar-refractivity contribution in [1.82, 2.24) is 14.6 Å². The molecule has 0 spiro atoms. The molecule has 0 unspecified atom stereocenters. The molecule has 0 fully saturated rings. The SMILES string of the molecule is Cc1ccc(CN(C)c2nn3c(=O)cc(C)nc3s2)cc1. The van der Waals surface area contributed by atoms with Crippen LogP contribution in [0.1, 0.15) is 16.8 Å². The Bertz CT molecular complexity index is 835. The van der Waals surface area contributed by atoms with Crippen molar-refractivity contribution in [2.75, 3.05) is 11.9 Å². The zero-order valence-corrected chi connectivity index (χ0v) is 13.0. The highest BCUT2D eigenvalue weighted by Gasteiger charge is 2.11. The maximum atomic E-state index is 11.9. The van der Waals surface area contributed by atoms with Gasteiger partial charge in [-0.25, -0.2) is 4.98 Å². The lowest BCUT2D eigenvalue weighted by Crippen LogP contribution is -2.18. The van der Waals surface area contributed by atoms with E-state index in [1.54, 1.807) is 0 Å². The van der Waals surface area contributed by atoms with Crippen molar-refractivity contribution in [3.63, 3.8) is 0 Å². The van der Waals surface area contributed by atoms with Crippen LogP contribution in [0.4, 0.5) is 5.13 Å². The summed E-state index contributed by atoms with van der Waals surface area (Å²) < 4.78 is 1.36. The number of anilines is 1. The number of hydrogen-bond donors (Lipinski definition) is 0. The lowest BCUT2D eigenvalue weighted by atomic mass is 10.1. The average molecular weight is 300 g/mol. The summed E-state index contributed by atoms with van der Waals surface area (Å²) in [5.41, 5.74) is 3.03. The Hall–Kier alpha value is -2.21. The van der Waals surface area contributed by atoms with Gasteiger partial charge in [0.15, 0.2) is 0 Å². The lowest BCUT2D eigenvalue weighted by Gasteiger charge is -2.14. The zero-order valence-electron chi connectivity index (χ0n) is 12.2. The molecule has 0 amide bonds. The first kappa shape index (κ1) is 13.8. The van der Waals surface area contributed by atoms with Gasteiger partial charge in [0.2, 0.25) is 10.1 Å². The van der Waals surface area contributed by atoms with Crippen molar-refractivity contribution in [3.8, 4) is 0 Å². The number of benzene rings is 1. The summed E-state index contributed by atoms with van der Waals surface area (Å²) >= 11 is 1.42. The van der Waals surface area contributed by atoms with E-state index in [1.807, 2.05) is 18.9 Å². The van der Waals surface area contributed by atoms with Gasteiger partial charge in [0.25, 0.3) is 5.56 Å². The Morgan fingerprint density at radius 1 is 1.24 bits per heavy atom. The molecule has 0 aliphatic rings. The predicted octanol–water partition coefficient (Wildman–Crippen LogP) is 2.40. The van der Waals surface area contributed by atoms with Gasteiger partial charge in [-0.2, -0.15) is 4.52 Å². The van der Waals surface area contributed by atoms with Gasteiger partial charge in [-0.3, -0.25) is 4.79 Å². The maximum Gasteiger partial charge on any atom is 0.275 e. The summed E-state index contributed by atoms with van der Waals surface area (Å²) in [6, 6.07) is 9.89. The van der Waals surface area contributed by atoms with E-state index in [2.05, 4.69) is 41.3 Å². The average Bonchev–Trinajstić information content (AvgIpc) is 2.85. The van der Waals surface area contributed by atoms with E-state index in [0.717, 1.165) is 17.4 Å². The van der Waals surface area contributed by atoms with Crippen LogP contribution in [-0.2, 0) is 6.54 Å². The fraction of sp³-hybridized carbons (Fsp3) is 0.267. The van der Waals surface area contributed by atoms with E-state index in [9.17, 15) is 4.79 Å². The fourth-order valence-corrected chi connectivity index (χ4v) is 3.01. The van der Waals surface area contributed by atoms with Gasteiger partial charge in [-0.1, -0.05) is 41.2 Å². The van der Waals surface area contributed by atoms with Crippen LogP contribution in [0.15, 0.2) is 35.1 Å². The highest BCUT2D eigenvalue weighted by molar-refractivity contribution is 7.20. The minimum atomic E-state index is -0.135. The molecule has 1 aromatic carbocycles. The number of rotatable bonds is 3. The molecule has 0 bridgehead atoms. The molecule has 0 saturated heterocycles. The summed E-state index contributed by atoms with van der Waals surface area (Å²) in [6.45, 7) is 4.63. The van der Waals surface area contributed by atoms with Crippen molar-refractivity contribution >= 4 is 21.4 Å². The maximum absolute atomic E-state index is 11.9. The van der Waals surface area contributed by atoms with Gasteiger partial charge in [-0.15, -0.1) is 5.10 Å². The van der Waals surface area contributed by atoms with E-state index >= 15 is 0 Å². The van der Waals surface area contributed by atoms with Crippen LogP contribution < -0.4 is 10.5 Å². The van der Waals surface area contributed by atoms with Gasteiger partial charge in [0, 0.05) is 25.4 Å². The highest BCUT2D eigenvalue weighted by Crippen LogP contribution is 2.21. The topological polar surface area (TPSA) is 50.5 Å². The molecular weight excluding hydrogens is 284 g/mol. The standard InChI is InChI=1S/C15H16N4OS/c1-10-4-6-12(7-5-10)9-18(3)15-17-19-13(20)8-11(2)16-14(19)21-15/h4-8H,9H2,1-3H3. The van der Waals surface area contributed by atoms with Crippen LogP contribution in [0.5, 0.6) is 0 Å². The third-order valence-corrected chi connectivity index (χ3v) is 4.25. The minimum Gasteiger partial charge on any atom is -0.345 e. The summed E-state index contributed by atoms with van der Waals surface area (Å²) in [6.07, 6.45) is 0. The summed E-state index contributed by atoms with van der Waals surface area (Å²) in [5.74, 6) is 0. The van der Waals surface area contributed by atoms with Crippen LogP contribution in [0.25, 0.3) is 4.96 Å². The second-order valence-electron chi connectivity index (χ2n) is 5.16. The quantitative estimate of drug-likeness (QED) is 0.745. The van der Waals surface area contributed by atoms with E-state index < -0.39 is 0 Å². The molecule has 2 aromatic heterocycles. The molecule has 0 saturated carbocycles. The number of fused-ring (bicyclic) bond motifs is 1. The normalized spacial score (nSPS) is 11.0. The third-order valence-electron chi connectivity index (χ3n) is 3.23. The van der Waals surface area contributed by atoms with Crippen LogP contribution >= 0.6 is 11.3 Å². The van der Waals surface area contributed by atoms with Crippen molar-refractivity contribution in [3.05, 3.63) is 57.5 Å². The first-order chi connectivity index (χ1) is 10.0. The number of aromatic nitrogens is 3. The molecule has 0 aliphatic heterocycles. The largest absolute Gasteiger partial charge is 0.345 e. The van der Waals surface area contributed by atoms with E-state index in [1.165, 1.54) is 33.0 Å². The molecule has 0 atom stereocenters. The second-order valence-corrected chi connectivity index (χ2v) is 6.09. The highest BCUT2D eigenvalue weighted by atomic mass is 32.1. The minimum absolute atomic E-state index is 0.135. The van der Waals surface area contributed by atoms with Crippen molar-refractivity contribution < 1.29 is 0 Å². The Morgan fingerprint density at radius 3 is 2.67 bits per heavy atom. The first-order valence-corrected chi connectivity index (χ1v) is 7.49. The lowest BCUT2D eigenvalue weighted by molar-refractivity contribution is 0.841. The molecule has 3 aromatic rings. The molecular formula is C15H16N4OS. The molecule has 2 heterocycles. The number of aryl methyl sites for hydroxylation is 2. The van der Waals surface area contributed by atoms with Crippen molar-refractivity contribution in [1.29, 1.82) is 0 Å². The Kier molecular flexibility index (Phi) is 3.47. The molecule has 21 heavy (non-hydrogen) atoms. The molecule has 0 radical (unpaired) electrons. The van der Waals surface area contributed by atoms with Crippen molar-refractivity contribution in [2.45, 2.75) is 20.4 Å². The van der Waals surface area contributed by atoms with Crippen LogP contribution in [0.3, 0.4) is 0 Å². The first-order valence-electron chi connectivity index (χ1n) is 6.67. The van der Waals surface area contributed by atoms with Crippen LogP contribution in [0.2, 0.25) is 0 Å². The molecule has 0 aliphatic carbocycles. The fourth-order valence-electron chi connectivity index (χ4n) is 2.10. The molecule has 3 rings (SSSR count). The Balaban J connectivity index is 1.91. The smallest absolute Gasteiger partial charge is 0.275 e. The summed E-state index contributed by atoms with van der Waals surface area (Å²) in [7, 11) is 1.97.